The maximum absolute atomic E-state index is 12.5. The standard InChI is InChI=1S/C16H18ClN3O4/c1-19-15(22)18-7-16(19)8-20(9-16)14(21)5-10-4-12-13(6-11(10)17)24-3-2-23-12/h4,6H,2-3,5,7-9H2,1H3,(H,18,22). The number of amides is 3. The number of benzene rings is 1. The van der Waals surface area contributed by atoms with E-state index in [4.69, 9.17) is 21.1 Å². The highest BCUT2D eigenvalue weighted by Gasteiger charge is 2.53. The van der Waals surface area contributed by atoms with Crippen LogP contribution in [0.2, 0.25) is 5.02 Å². The monoisotopic (exact) mass is 351 g/mol. The Kier molecular flexibility index (Phi) is 3.49. The zero-order valence-corrected chi connectivity index (χ0v) is 14.1. The van der Waals surface area contributed by atoms with E-state index >= 15 is 0 Å². The molecule has 3 aliphatic heterocycles. The largest absolute Gasteiger partial charge is 0.486 e. The van der Waals surface area contributed by atoms with Crippen molar-refractivity contribution in [3.63, 3.8) is 0 Å². The number of urea groups is 1. The lowest BCUT2D eigenvalue weighted by molar-refractivity contribution is -0.141. The molecule has 0 saturated carbocycles. The second-order valence-electron chi connectivity index (χ2n) is 6.46. The highest BCUT2D eigenvalue weighted by atomic mass is 35.5. The van der Waals surface area contributed by atoms with Gasteiger partial charge in [0, 0.05) is 37.8 Å². The third-order valence-electron chi connectivity index (χ3n) is 4.96. The average Bonchev–Trinajstić information content (AvgIpc) is 2.82. The van der Waals surface area contributed by atoms with Crippen LogP contribution >= 0.6 is 11.6 Å². The molecule has 1 spiro atoms. The molecule has 0 unspecified atom stereocenters. The van der Waals surface area contributed by atoms with Crippen molar-refractivity contribution in [2.24, 2.45) is 0 Å². The van der Waals surface area contributed by atoms with Gasteiger partial charge >= 0.3 is 6.03 Å². The predicted molar refractivity (Wildman–Crippen MR) is 86.6 cm³/mol. The Bertz CT molecular complexity index is 718. The summed E-state index contributed by atoms with van der Waals surface area (Å²) in [4.78, 5) is 27.6. The average molecular weight is 352 g/mol. The molecule has 0 aliphatic carbocycles. The number of halogens is 1. The lowest BCUT2D eigenvalue weighted by Crippen LogP contribution is -2.70. The molecule has 7 nitrogen and oxygen atoms in total. The van der Waals surface area contributed by atoms with Gasteiger partial charge in [-0.15, -0.1) is 0 Å². The van der Waals surface area contributed by atoms with E-state index in [1.807, 2.05) is 0 Å². The Balaban J connectivity index is 1.43. The van der Waals surface area contributed by atoms with Crippen LogP contribution in [0.4, 0.5) is 4.79 Å². The van der Waals surface area contributed by atoms with Crippen LogP contribution in [0, 0.1) is 0 Å². The van der Waals surface area contributed by atoms with Gasteiger partial charge in [0.25, 0.3) is 0 Å². The van der Waals surface area contributed by atoms with Gasteiger partial charge in [-0.05, 0) is 11.6 Å². The number of likely N-dealkylation sites (N-methyl/N-ethyl adjacent to an activating group) is 1. The molecule has 2 fully saturated rings. The summed E-state index contributed by atoms with van der Waals surface area (Å²) in [7, 11) is 1.77. The van der Waals surface area contributed by atoms with Crippen LogP contribution < -0.4 is 14.8 Å². The molecule has 3 amide bonds. The molecule has 1 aromatic rings. The Hall–Kier alpha value is -2.15. The molecule has 0 radical (unpaired) electrons. The Morgan fingerprint density at radius 2 is 1.96 bits per heavy atom. The molecule has 3 aliphatic rings. The lowest BCUT2D eigenvalue weighted by atomic mass is 9.89. The van der Waals surface area contributed by atoms with Crippen molar-refractivity contribution in [3.8, 4) is 11.5 Å². The van der Waals surface area contributed by atoms with E-state index in [0.717, 1.165) is 5.56 Å². The molecular formula is C16H18ClN3O4. The molecular weight excluding hydrogens is 334 g/mol. The van der Waals surface area contributed by atoms with Crippen LogP contribution in [-0.2, 0) is 11.2 Å². The molecule has 8 heteroatoms. The zero-order valence-electron chi connectivity index (χ0n) is 13.3. The first-order valence-corrected chi connectivity index (χ1v) is 8.24. The quantitative estimate of drug-likeness (QED) is 0.859. The van der Waals surface area contributed by atoms with E-state index < -0.39 is 0 Å². The van der Waals surface area contributed by atoms with Crippen LogP contribution in [-0.4, -0.2) is 67.2 Å². The summed E-state index contributed by atoms with van der Waals surface area (Å²) >= 11 is 6.26. The van der Waals surface area contributed by atoms with E-state index in [2.05, 4.69) is 5.32 Å². The summed E-state index contributed by atoms with van der Waals surface area (Å²) in [5.74, 6) is 1.23. The van der Waals surface area contributed by atoms with Gasteiger partial charge in [0.15, 0.2) is 11.5 Å². The van der Waals surface area contributed by atoms with Crippen molar-refractivity contribution >= 4 is 23.5 Å². The zero-order chi connectivity index (χ0) is 16.9. The third-order valence-corrected chi connectivity index (χ3v) is 5.31. The Morgan fingerprint density at radius 3 is 2.58 bits per heavy atom. The molecule has 4 rings (SSSR count). The van der Waals surface area contributed by atoms with Crippen LogP contribution in [0.15, 0.2) is 12.1 Å². The molecule has 0 aromatic heterocycles. The first-order valence-electron chi connectivity index (χ1n) is 7.86. The summed E-state index contributed by atoms with van der Waals surface area (Å²) in [6.45, 7) is 2.66. The van der Waals surface area contributed by atoms with E-state index in [0.29, 0.717) is 49.4 Å². The number of carbonyl (C=O) groups is 2. The topological polar surface area (TPSA) is 71.1 Å². The molecule has 24 heavy (non-hydrogen) atoms. The smallest absolute Gasteiger partial charge is 0.317 e. The van der Waals surface area contributed by atoms with Gasteiger partial charge in [-0.2, -0.15) is 0 Å². The number of nitrogens with one attached hydrogen (secondary N) is 1. The van der Waals surface area contributed by atoms with Crippen LogP contribution in [0.25, 0.3) is 0 Å². The fraction of sp³-hybridized carbons (Fsp3) is 0.500. The van der Waals surface area contributed by atoms with E-state index in [1.165, 1.54) is 0 Å². The Labute approximate surface area is 144 Å². The number of carbonyl (C=O) groups excluding carboxylic acids is 2. The Morgan fingerprint density at radius 1 is 1.29 bits per heavy atom. The molecule has 1 N–H and O–H groups in total. The SMILES string of the molecule is CN1C(=O)NCC12CN(C(=O)Cc1cc3c(cc1Cl)OCCO3)C2. The summed E-state index contributed by atoms with van der Waals surface area (Å²) < 4.78 is 11.0. The number of hydrogen-bond acceptors (Lipinski definition) is 4. The fourth-order valence-electron chi connectivity index (χ4n) is 3.37. The van der Waals surface area contributed by atoms with Crippen molar-refractivity contribution in [3.05, 3.63) is 22.7 Å². The van der Waals surface area contributed by atoms with Gasteiger partial charge in [-0.1, -0.05) is 11.6 Å². The molecule has 1 aromatic carbocycles. The number of hydrogen-bond donors (Lipinski definition) is 1. The number of ether oxygens (including phenoxy) is 2. The minimum atomic E-state index is -0.261. The third kappa shape index (κ3) is 2.34. The number of likely N-dealkylation sites (tertiary alicyclic amines) is 1. The van der Waals surface area contributed by atoms with Crippen LogP contribution in [0.3, 0.4) is 0 Å². The second kappa shape index (κ2) is 5.44. The molecule has 2 saturated heterocycles. The first kappa shape index (κ1) is 15.4. The van der Waals surface area contributed by atoms with Crippen molar-refractivity contribution in [1.29, 1.82) is 0 Å². The molecule has 0 atom stereocenters. The minimum Gasteiger partial charge on any atom is -0.486 e. The van der Waals surface area contributed by atoms with Gasteiger partial charge in [-0.3, -0.25) is 4.79 Å². The maximum Gasteiger partial charge on any atom is 0.317 e. The normalized spacial score (nSPS) is 20.8. The van der Waals surface area contributed by atoms with Crippen molar-refractivity contribution in [2.45, 2.75) is 12.0 Å². The highest BCUT2D eigenvalue weighted by Crippen LogP contribution is 2.36. The molecule has 0 bridgehead atoms. The fourth-order valence-corrected chi connectivity index (χ4v) is 3.59. The van der Waals surface area contributed by atoms with E-state index in [9.17, 15) is 9.59 Å². The van der Waals surface area contributed by atoms with Crippen molar-refractivity contribution in [1.82, 2.24) is 15.1 Å². The van der Waals surface area contributed by atoms with E-state index in [1.54, 1.807) is 29.0 Å². The highest BCUT2D eigenvalue weighted by molar-refractivity contribution is 6.31. The van der Waals surface area contributed by atoms with E-state index in [-0.39, 0.29) is 23.9 Å². The van der Waals surface area contributed by atoms with Gasteiger partial charge in [-0.25, -0.2) is 4.79 Å². The van der Waals surface area contributed by atoms with Gasteiger partial charge < -0.3 is 24.6 Å². The molecule has 3 heterocycles. The first-order chi connectivity index (χ1) is 11.5. The number of fused-ring (bicyclic) bond motifs is 1. The summed E-state index contributed by atoms with van der Waals surface area (Å²) in [5.41, 5.74) is 0.462. The minimum absolute atomic E-state index is 0.00745. The van der Waals surface area contributed by atoms with Gasteiger partial charge in [0.2, 0.25) is 5.91 Å². The van der Waals surface area contributed by atoms with Crippen LogP contribution in [0.5, 0.6) is 11.5 Å². The van der Waals surface area contributed by atoms with Gasteiger partial charge in [0.1, 0.15) is 13.2 Å². The number of nitrogens with zero attached hydrogens (tertiary/aromatic N) is 2. The predicted octanol–water partition coefficient (Wildman–Crippen LogP) is 0.890. The van der Waals surface area contributed by atoms with Gasteiger partial charge in [0.05, 0.1) is 12.0 Å². The van der Waals surface area contributed by atoms with Crippen molar-refractivity contribution < 1.29 is 19.1 Å². The van der Waals surface area contributed by atoms with Crippen molar-refractivity contribution in [2.75, 3.05) is 39.9 Å². The summed E-state index contributed by atoms with van der Waals surface area (Å²) in [5, 5.41) is 3.31. The maximum atomic E-state index is 12.5. The lowest BCUT2D eigenvalue weighted by Gasteiger charge is -2.50. The van der Waals surface area contributed by atoms with Crippen LogP contribution in [0.1, 0.15) is 5.56 Å². The number of rotatable bonds is 2. The summed E-state index contributed by atoms with van der Waals surface area (Å²) in [6.07, 6.45) is 0.205. The summed E-state index contributed by atoms with van der Waals surface area (Å²) in [6, 6.07) is 3.39. The second-order valence-corrected chi connectivity index (χ2v) is 6.86. The molecule has 128 valence electrons.